The Morgan fingerprint density at radius 1 is 1.27 bits per heavy atom. The van der Waals surface area contributed by atoms with Crippen LogP contribution in [0.1, 0.15) is 17.0 Å². The number of sulfone groups is 1. The fourth-order valence-electron chi connectivity index (χ4n) is 2.19. The van der Waals surface area contributed by atoms with Gasteiger partial charge in [0.15, 0.2) is 15.6 Å². The molecule has 9 heteroatoms. The molecule has 0 aliphatic carbocycles. The highest BCUT2D eigenvalue weighted by atomic mass is 79.9. The van der Waals surface area contributed by atoms with Crippen LogP contribution >= 0.6 is 27.5 Å². The van der Waals surface area contributed by atoms with Gasteiger partial charge in [-0.15, -0.1) is 0 Å². The van der Waals surface area contributed by atoms with E-state index >= 15 is 0 Å². The topological polar surface area (TPSA) is 80.2 Å². The maximum absolute atomic E-state index is 14.2. The Labute approximate surface area is 138 Å². The van der Waals surface area contributed by atoms with E-state index in [0.29, 0.717) is 4.47 Å². The van der Waals surface area contributed by atoms with E-state index < -0.39 is 32.1 Å². The summed E-state index contributed by atoms with van der Waals surface area (Å²) < 4.78 is 39.4. The number of aromatic nitrogens is 2. The summed E-state index contributed by atoms with van der Waals surface area (Å²) in [5, 5.41) is 10.2. The first-order valence-electron chi connectivity index (χ1n) is 5.93. The van der Waals surface area contributed by atoms with E-state index in [1.54, 1.807) is 0 Å². The lowest BCUT2D eigenvalue weighted by Gasteiger charge is -2.19. The van der Waals surface area contributed by atoms with Crippen LogP contribution in [0.2, 0.25) is 5.02 Å². The molecule has 1 aliphatic rings. The highest BCUT2D eigenvalue weighted by Gasteiger charge is 2.36. The highest BCUT2D eigenvalue weighted by molar-refractivity contribution is 9.10. The largest absolute Gasteiger partial charge is 0.504 e. The quantitative estimate of drug-likeness (QED) is 0.736. The number of nitrogens with zero attached hydrogens (tertiary/aromatic N) is 2. The van der Waals surface area contributed by atoms with Crippen LogP contribution in [0.3, 0.4) is 0 Å². The second kappa shape index (κ2) is 5.29. The fourth-order valence-corrected chi connectivity index (χ4v) is 4.44. The van der Waals surface area contributed by atoms with Gasteiger partial charge in [-0.2, -0.15) is 0 Å². The van der Waals surface area contributed by atoms with E-state index in [9.17, 15) is 17.9 Å². The van der Waals surface area contributed by atoms with Crippen LogP contribution in [0.5, 0.6) is 0 Å². The predicted octanol–water partition coefficient (Wildman–Crippen LogP) is 3.34. The number of halogens is 3. The molecule has 0 saturated carbocycles. The molecule has 2 aromatic rings. The van der Waals surface area contributed by atoms with Crippen molar-refractivity contribution in [1.82, 2.24) is 9.97 Å². The standard InChI is InChI=1S/C13H7BrClFN2O3S/c14-6-1-2-7(16)9(10(6)15)13-12(19)11-8(5-22(13,20)21)17-3-4-18-11/h1-4,19H,5H2. The third-order valence-electron chi connectivity index (χ3n) is 3.12. The lowest BCUT2D eigenvalue weighted by atomic mass is 10.1. The van der Waals surface area contributed by atoms with Gasteiger partial charge >= 0.3 is 0 Å². The van der Waals surface area contributed by atoms with Crippen LogP contribution in [0.4, 0.5) is 4.39 Å². The Morgan fingerprint density at radius 3 is 2.68 bits per heavy atom. The van der Waals surface area contributed by atoms with Gasteiger partial charge in [-0.25, -0.2) is 17.8 Å². The Bertz CT molecular complexity index is 931. The van der Waals surface area contributed by atoms with Crippen molar-refractivity contribution >= 4 is 48.0 Å². The second-order valence-electron chi connectivity index (χ2n) is 4.51. The SMILES string of the molecule is O=S1(=O)Cc2nccnc2C(O)=C1c1c(F)ccc(Br)c1Cl. The number of aliphatic hydroxyl groups is 1. The molecular weight excluding hydrogens is 399 g/mol. The molecule has 2 heterocycles. The molecule has 1 aromatic heterocycles. The molecule has 0 bridgehead atoms. The number of hydrogen-bond donors (Lipinski definition) is 1. The molecule has 0 fully saturated rings. The highest BCUT2D eigenvalue weighted by Crippen LogP contribution is 2.42. The molecule has 1 aromatic carbocycles. The zero-order valence-electron chi connectivity index (χ0n) is 10.7. The van der Waals surface area contributed by atoms with Gasteiger partial charge < -0.3 is 5.11 Å². The summed E-state index contributed by atoms with van der Waals surface area (Å²) in [4.78, 5) is 7.22. The summed E-state index contributed by atoms with van der Waals surface area (Å²) in [6, 6.07) is 2.41. The first-order valence-corrected chi connectivity index (χ1v) is 8.75. The van der Waals surface area contributed by atoms with Crippen molar-refractivity contribution in [2.75, 3.05) is 0 Å². The average molecular weight is 406 g/mol. The maximum atomic E-state index is 14.2. The van der Waals surface area contributed by atoms with E-state index in [4.69, 9.17) is 11.6 Å². The van der Waals surface area contributed by atoms with Crippen LogP contribution in [-0.2, 0) is 15.6 Å². The molecule has 114 valence electrons. The molecule has 1 aliphatic heterocycles. The Morgan fingerprint density at radius 2 is 1.95 bits per heavy atom. The number of aliphatic hydroxyl groups excluding tert-OH is 1. The van der Waals surface area contributed by atoms with Crippen LogP contribution < -0.4 is 0 Å². The van der Waals surface area contributed by atoms with E-state index in [0.717, 1.165) is 6.07 Å². The minimum Gasteiger partial charge on any atom is -0.504 e. The van der Waals surface area contributed by atoms with Crippen LogP contribution in [0, 0.1) is 5.82 Å². The summed E-state index contributed by atoms with van der Waals surface area (Å²) in [5.74, 6) is -2.00. The Hall–Kier alpha value is -1.51. The van der Waals surface area contributed by atoms with Crippen LogP contribution in [0.25, 0.3) is 10.7 Å². The minimum atomic E-state index is -4.02. The Balaban J connectivity index is 2.42. The van der Waals surface area contributed by atoms with Gasteiger partial charge in [0.2, 0.25) is 0 Å². The molecule has 0 amide bonds. The Kier molecular flexibility index (Phi) is 3.70. The maximum Gasteiger partial charge on any atom is 0.188 e. The molecule has 5 nitrogen and oxygen atoms in total. The van der Waals surface area contributed by atoms with Gasteiger partial charge in [0.1, 0.15) is 16.4 Å². The van der Waals surface area contributed by atoms with Crippen molar-refractivity contribution in [3.63, 3.8) is 0 Å². The molecule has 0 unspecified atom stereocenters. The van der Waals surface area contributed by atoms with Crippen molar-refractivity contribution in [2.45, 2.75) is 5.75 Å². The first kappa shape index (κ1) is 15.4. The molecule has 1 N–H and O–H groups in total. The average Bonchev–Trinajstić information content (AvgIpc) is 2.46. The van der Waals surface area contributed by atoms with E-state index in [1.165, 1.54) is 18.5 Å². The predicted molar refractivity (Wildman–Crippen MR) is 83.2 cm³/mol. The summed E-state index contributed by atoms with van der Waals surface area (Å²) in [6.45, 7) is 0. The fraction of sp³-hybridized carbons (Fsp3) is 0.0769. The van der Waals surface area contributed by atoms with E-state index in [-0.39, 0.29) is 22.0 Å². The number of rotatable bonds is 1. The number of fused-ring (bicyclic) bond motifs is 1. The van der Waals surface area contributed by atoms with E-state index in [1.807, 2.05) is 0 Å². The van der Waals surface area contributed by atoms with Crippen LogP contribution in [0.15, 0.2) is 29.0 Å². The summed E-state index contributed by atoms with van der Waals surface area (Å²) in [7, 11) is -4.02. The number of benzene rings is 1. The summed E-state index contributed by atoms with van der Waals surface area (Å²) in [5.41, 5.74) is -0.275. The van der Waals surface area contributed by atoms with Gasteiger partial charge in [0.25, 0.3) is 0 Å². The van der Waals surface area contributed by atoms with Crippen molar-refractivity contribution < 1.29 is 17.9 Å². The third kappa shape index (κ3) is 2.31. The monoisotopic (exact) mass is 404 g/mol. The normalized spacial score (nSPS) is 16.5. The van der Waals surface area contributed by atoms with Crippen molar-refractivity contribution in [3.05, 3.63) is 56.8 Å². The van der Waals surface area contributed by atoms with Gasteiger partial charge in [-0.1, -0.05) is 11.6 Å². The third-order valence-corrected chi connectivity index (χ3v) is 6.08. The molecule has 3 rings (SSSR count). The van der Waals surface area contributed by atoms with Gasteiger partial charge in [0, 0.05) is 16.9 Å². The summed E-state index contributed by atoms with van der Waals surface area (Å²) in [6.07, 6.45) is 2.63. The van der Waals surface area contributed by atoms with Gasteiger partial charge in [-0.3, -0.25) is 4.98 Å². The molecule has 0 radical (unpaired) electrons. The second-order valence-corrected chi connectivity index (χ2v) is 7.67. The summed E-state index contributed by atoms with van der Waals surface area (Å²) >= 11 is 9.13. The van der Waals surface area contributed by atoms with Crippen molar-refractivity contribution in [2.24, 2.45) is 0 Å². The zero-order valence-corrected chi connectivity index (χ0v) is 13.9. The van der Waals surface area contributed by atoms with Crippen molar-refractivity contribution in [3.8, 4) is 0 Å². The molecule has 0 spiro atoms. The van der Waals surface area contributed by atoms with Crippen molar-refractivity contribution in [1.29, 1.82) is 0 Å². The molecule has 0 atom stereocenters. The van der Waals surface area contributed by atoms with E-state index in [2.05, 4.69) is 25.9 Å². The van der Waals surface area contributed by atoms with Gasteiger partial charge in [-0.05, 0) is 28.1 Å². The number of hydrogen-bond acceptors (Lipinski definition) is 5. The first-order chi connectivity index (χ1) is 10.3. The van der Waals surface area contributed by atoms with Crippen LogP contribution in [-0.4, -0.2) is 23.5 Å². The minimum absolute atomic E-state index is 0.00256. The lowest BCUT2D eigenvalue weighted by Crippen LogP contribution is -2.19. The smallest absolute Gasteiger partial charge is 0.188 e. The molecule has 0 saturated heterocycles. The zero-order chi connectivity index (χ0) is 16.1. The van der Waals surface area contributed by atoms with Gasteiger partial charge in [0.05, 0.1) is 22.0 Å². The lowest BCUT2D eigenvalue weighted by molar-refractivity contribution is 0.507. The molecular formula is C13H7BrClFN2O3S. The molecule has 22 heavy (non-hydrogen) atoms.